The predicted octanol–water partition coefficient (Wildman–Crippen LogP) is 4.30. The lowest BCUT2D eigenvalue weighted by Crippen LogP contribution is -2.11. The third-order valence-electron chi connectivity index (χ3n) is 2.61. The summed E-state index contributed by atoms with van der Waals surface area (Å²) in [5.41, 5.74) is 0.653. The molecule has 1 rings (SSSR count). The summed E-state index contributed by atoms with van der Waals surface area (Å²) in [6, 6.07) is 8.31. The SMILES string of the molecule is CC(C)CNc1cc(Cl)c(Cl)cc1NC(C#N)=C(C#N)C#N. The summed E-state index contributed by atoms with van der Waals surface area (Å²) in [4.78, 5) is 0. The summed E-state index contributed by atoms with van der Waals surface area (Å²) >= 11 is 12.0. The fraction of sp³-hybridized carbons (Fsp3) is 0.267. The Hall–Kier alpha value is -2.39. The van der Waals surface area contributed by atoms with E-state index in [0.717, 1.165) is 0 Å². The zero-order valence-corrected chi connectivity index (χ0v) is 13.5. The summed E-state index contributed by atoms with van der Waals surface area (Å²) in [5.74, 6) is 0.391. The molecule has 0 saturated heterocycles. The van der Waals surface area contributed by atoms with Gasteiger partial charge in [-0.3, -0.25) is 0 Å². The van der Waals surface area contributed by atoms with Gasteiger partial charge in [0.15, 0.2) is 5.57 Å². The molecule has 0 amide bonds. The van der Waals surface area contributed by atoms with Crippen LogP contribution in [0.1, 0.15) is 13.8 Å². The number of rotatable bonds is 5. The van der Waals surface area contributed by atoms with Crippen LogP contribution >= 0.6 is 23.2 Å². The van der Waals surface area contributed by atoms with Gasteiger partial charge in [-0.1, -0.05) is 37.0 Å². The van der Waals surface area contributed by atoms with Gasteiger partial charge in [-0.25, -0.2) is 0 Å². The summed E-state index contributed by atoms with van der Waals surface area (Å²) in [7, 11) is 0. The predicted molar refractivity (Wildman–Crippen MR) is 87.3 cm³/mol. The molecule has 0 aliphatic carbocycles. The molecular weight excluding hydrogens is 321 g/mol. The molecular formula is C15H13Cl2N5. The number of nitriles is 3. The quantitative estimate of drug-likeness (QED) is 0.783. The monoisotopic (exact) mass is 333 g/mol. The standard InChI is InChI=1S/C15H13Cl2N5/c1-9(2)8-21-13-3-11(16)12(17)4-14(13)22-15(7-20)10(5-18)6-19/h3-4,9,21-22H,8H2,1-2H3. The number of benzene rings is 1. The van der Waals surface area contributed by atoms with Crippen LogP contribution in [-0.4, -0.2) is 6.54 Å². The van der Waals surface area contributed by atoms with E-state index in [0.29, 0.717) is 33.9 Å². The molecule has 0 spiro atoms. The minimum atomic E-state index is -0.302. The Morgan fingerprint density at radius 2 is 1.59 bits per heavy atom. The first kappa shape index (κ1) is 17.7. The van der Waals surface area contributed by atoms with Crippen LogP contribution in [0.4, 0.5) is 11.4 Å². The van der Waals surface area contributed by atoms with E-state index < -0.39 is 0 Å². The molecule has 5 nitrogen and oxygen atoms in total. The largest absolute Gasteiger partial charge is 0.383 e. The lowest BCUT2D eigenvalue weighted by atomic mass is 10.2. The average Bonchev–Trinajstić information content (AvgIpc) is 2.48. The normalized spacial score (nSPS) is 9.36. The van der Waals surface area contributed by atoms with Crippen molar-refractivity contribution in [2.24, 2.45) is 5.92 Å². The fourth-order valence-corrected chi connectivity index (χ4v) is 1.86. The van der Waals surface area contributed by atoms with Crippen molar-refractivity contribution in [3.63, 3.8) is 0 Å². The Kier molecular flexibility index (Phi) is 6.54. The van der Waals surface area contributed by atoms with Gasteiger partial charge in [-0.2, -0.15) is 15.8 Å². The minimum Gasteiger partial charge on any atom is -0.383 e. The van der Waals surface area contributed by atoms with E-state index in [1.807, 2.05) is 13.8 Å². The van der Waals surface area contributed by atoms with E-state index in [1.54, 1.807) is 24.3 Å². The molecule has 1 aromatic rings. The van der Waals surface area contributed by atoms with Gasteiger partial charge in [0.05, 0.1) is 21.4 Å². The number of anilines is 2. The van der Waals surface area contributed by atoms with Gasteiger partial charge in [0.1, 0.15) is 23.9 Å². The van der Waals surface area contributed by atoms with Gasteiger partial charge in [0, 0.05) is 6.54 Å². The second-order valence-electron chi connectivity index (χ2n) is 4.80. The molecule has 0 aliphatic rings. The first-order valence-electron chi connectivity index (χ1n) is 6.37. The maximum absolute atomic E-state index is 9.10. The molecule has 112 valence electrons. The molecule has 0 aliphatic heterocycles. The molecule has 0 unspecified atom stereocenters. The van der Waals surface area contributed by atoms with Crippen molar-refractivity contribution in [2.75, 3.05) is 17.2 Å². The fourth-order valence-electron chi connectivity index (χ4n) is 1.53. The summed E-state index contributed by atoms with van der Waals surface area (Å²) in [6.45, 7) is 4.77. The number of hydrogen-bond acceptors (Lipinski definition) is 5. The number of hydrogen-bond donors (Lipinski definition) is 2. The molecule has 0 saturated carbocycles. The van der Waals surface area contributed by atoms with Crippen molar-refractivity contribution in [3.05, 3.63) is 33.4 Å². The van der Waals surface area contributed by atoms with Gasteiger partial charge >= 0.3 is 0 Å². The van der Waals surface area contributed by atoms with Crippen molar-refractivity contribution >= 4 is 34.6 Å². The molecule has 0 aromatic heterocycles. The summed E-state index contributed by atoms with van der Waals surface area (Å²) in [5, 5.41) is 33.4. The Balaban J connectivity index is 3.26. The molecule has 0 heterocycles. The number of nitrogens with zero attached hydrogens (tertiary/aromatic N) is 3. The van der Waals surface area contributed by atoms with Gasteiger partial charge < -0.3 is 10.6 Å². The van der Waals surface area contributed by atoms with Crippen LogP contribution in [-0.2, 0) is 0 Å². The van der Waals surface area contributed by atoms with E-state index in [1.165, 1.54) is 6.07 Å². The summed E-state index contributed by atoms with van der Waals surface area (Å²) in [6.07, 6.45) is 0. The highest BCUT2D eigenvalue weighted by Crippen LogP contribution is 2.33. The topological polar surface area (TPSA) is 95.4 Å². The van der Waals surface area contributed by atoms with E-state index in [4.69, 9.17) is 39.0 Å². The Bertz CT molecular complexity index is 701. The highest BCUT2D eigenvalue weighted by molar-refractivity contribution is 6.42. The van der Waals surface area contributed by atoms with Crippen LogP contribution in [0.15, 0.2) is 23.4 Å². The maximum atomic E-state index is 9.10. The first-order valence-corrected chi connectivity index (χ1v) is 7.13. The Labute approximate surface area is 139 Å². The van der Waals surface area contributed by atoms with Gasteiger partial charge in [0.2, 0.25) is 0 Å². The molecule has 7 heteroatoms. The number of halogens is 2. The van der Waals surface area contributed by atoms with Crippen LogP contribution in [0, 0.1) is 39.9 Å². The lowest BCUT2D eigenvalue weighted by molar-refractivity contribution is 0.689. The van der Waals surface area contributed by atoms with E-state index in [2.05, 4.69) is 10.6 Å². The van der Waals surface area contributed by atoms with Gasteiger partial charge in [0.25, 0.3) is 0 Å². The molecule has 0 radical (unpaired) electrons. The smallest absolute Gasteiger partial charge is 0.163 e. The molecule has 0 bridgehead atoms. The highest BCUT2D eigenvalue weighted by Gasteiger charge is 2.12. The minimum absolute atomic E-state index is 0.143. The maximum Gasteiger partial charge on any atom is 0.163 e. The van der Waals surface area contributed by atoms with E-state index in [9.17, 15) is 0 Å². The molecule has 0 atom stereocenters. The lowest BCUT2D eigenvalue weighted by Gasteiger charge is -2.16. The van der Waals surface area contributed by atoms with Crippen molar-refractivity contribution in [1.82, 2.24) is 0 Å². The molecule has 0 fully saturated rings. The molecule has 2 N–H and O–H groups in total. The zero-order chi connectivity index (χ0) is 16.7. The van der Waals surface area contributed by atoms with Crippen LogP contribution in [0.2, 0.25) is 10.0 Å². The second-order valence-corrected chi connectivity index (χ2v) is 5.61. The first-order chi connectivity index (χ1) is 10.4. The van der Waals surface area contributed by atoms with Crippen LogP contribution < -0.4 is 10.6 Å². The Morgan fingerprint density at radius 3 is 2.05 bits per heavy atom. The van der Waals surface area contributed by atoms with E-state index >= 15 is 0 Å². The van der Waals surface area contributed by atoms with Crippen molar-refractivity contribution in [3.8, 4) is 18.2 Å². The Morgan fingerprint density at radius 1 is 1.05 bits per heavy atom. The third-order valence-corrected chi connectivity index (χ3v) is 3.33. The number of allylic oxidation sites excluding steroid dienone is 2. The highest BCUT2D eigenvalue weighted by atomic mass is 35.5. The molecule has 22 heavy (non-hydrogen) atoms. The van der Waals surface area contributed by atoms with Crippen LogP contribution in [0.5, 0.6) is 0 Å². The van der Waals surface area contributed by atoms with E-state index in [-0.39, 0.29) is 11.3 Å². The average molecular weight is 334 g/mol. The third kappa shape index (κ3) is 4.57. The summed E-state index contributed by atoms with van der Waals surface area (Å²) < 4.78 is 0. The van der Waals surface area contributed by atoms with Gasteiger partial charge in [-0.15, -0.1) is 0 Å². The van der Waals surface area contributed by atoms with Gasteiger partial charge in [-0.05, 0) is 18.1 Å². The van der Waals surface area contributed by atoms with Crippen LogP contribution in [0.25, 0.3) is 0 Å². The molecule has 1 aromatic carbocycles. The second kappa shape index (κ2) is 8.15. The van der Waals surface area contributed by atoms with Crippen molar-refractivity contribution < 1.29 is 0 Å². The van der Waals surface area contributed by atoms with Crippen molar-refractivity contribution in [1.29, 1.82) is 15.8 Å². The van der Waals surface area contributed by atoms with Crippen molar-refractivity contribution in [2.45, 2.75) is 13.8 Å². The zero-order valence-electron chi connectivity index (χ0n) is 12.0. The number of nitrogens with one attached hydrogen (secondary N) is 2. The van der Waals surface area contributed by atoms with Crippen LogP contribution in [0.3, 0.4) is 0 Å².